The van der Waals surface area contributed by atoms with Crippen LogP contribution in [0.25, 0.3) is 0 Å². The first-order valence-corrected chi connectivity index (χ1v) is 8.59. The second-order valence-electron chi connectivity index (χ2n) is 5.66. The number of nitrogens with one attached hydrogen (secondary N) is 2. The number of phenols is 1. The van der Waals surface area contributed by atoms with Crippen molar-refractivity contribution in [3.8, 4) is 5.75 Å². The second-order valence-corrected chi connectivity index (χ2v) is 5.66. The first kappa shape index (κ1) is 20.9. The van der Waals surface area contributed by atoms with Crippen molar-refractivity contribution >= 4 is 17.7 Å². The van der Waals surface area contributed by atoms with Crippen molar-refractivity contribution in [1.82, 2.24) is 5.48 Å². The Hall–Kier alpha value is -3.36. The number of phenolic OH excluding ortho intramolecular Hbond substituents is 1. The summed E-state index contributed by atoms with van der Waals surface area (Å²) in [7, 11) is 0. The average Bonchev–Trinajstić information content (AvgIpc) is 2.70. The lowest BCUT2D eigenvalue weighted by Crippen LogP contribution is -2.28. The smallest absolute Gasteiger partial charge is 0.412 e. The number of hydrogen-bond donors (Lipinski definition) is 4. The molecule has 0 fully saturated rings. The van der Waals surface area contributed by atoms with E-state index in [2.05, 4.69) is 5.32 Å². The molecule has 0 heterocycles. The summed E-state index contributed by atoms with van der Waals surface area (Å²) in [5.74, 6) is -0.692. The van der Waals surface area contributed by atoms with Crippen LogP contribution in [-0.2, 0) is 14.3 Å². The third-order valence-electron chi connectivity index (χ3n) is 3.68. The monoisotopic (exact) mass is 386 g/mol. The summed E-state index contributed by atoms with van der Waals surface area (Å²) in [6, 6.07) is 14.9. The van der Waals surface area contributed by atoms with Crippen molar-refractivity contribution in [1.29, 1.82) is 0 Å². The maximum absolute atomic E-state index is 12.4. The first-order valence-electron chi connectivity index (χ1n) is 8.59. The molecule has 0 saturated carbocycles. The van der Waals surface area contributed by atoms with Crippen LogP contribution in [0.5, 0.6) is 5.75 Å². The molecule has 148 valence electrons. The molecule has 0 unspecified atom stereocenters. The Morgan fingerprint density at radius 2 is 1.79 bits per heavy atom. The molecule has 0 aliphatic heterocycles. The van der Waals surface area contributed by atoms with E-state index in [1.165, 1.54) is 23.7 Å². The number of aromatic hydroxyl groups is 1. The Kier molecular flexibility index (Phi) is 8.01. The summed E-state index contributed by atoms with van der Waals surface area (Å²) >= 11 is 0. The minimum Gasteiger partial charge on any atom is -0.508 e. The summed E-state index contributed by atoms with van der Waals surface area (Å²) < 4.78 is 11.2. The van der Waals surface area contributed by atoms with Crippen LogP contribution in [0.1, 0.15) is 18.6 Å². The quantitative estimate of drug-likeness (QED) is 0.315. The molecule has 0 bridgehead atoms. The van der Waals surface area contributed by atoms with Gasteiger partial charge in [-0.25, -0.2) is 10.3 Å². The highest BCUT2D eigenvalue weighted by atomic mass is 16.6. The molecule has 2 atom stereocenters. The predicted molar refractivity (Wildman–Crippen MR) is 102 cm³/mol. The molecule has 0 radical (unpaired) electrons. The van der Waals surface area contributed by atoms with Crippen molar-refractivity contribution in [2.24, 2.45) is 0 Å². The number of rotatable bonds is 8. The van der Waals surface area contributed by atoms with E-state index in [9.17, 15) is 14.7 Å². The zero-order chi connectivity index (χ0) is 20.4. The zero-order valence-electron chi connectivity index (χ0n) is 15.2. The highest BCUT2D eigenvalue weighted by molar-refractivity contribution is 5.86. The molecule has 0 saturated heterocycles. The largest absolute Gasteiger partial charge is 0.508 e. The van der Waals surface area contributed by atoms with Crippen molar-refractivity contribution in [3.05, 3.63) is 72.3 Å². The van der Waals surface area contributed by atoms with Gasteiger partial charge < -0.3 is 14.6 Å². The number of carbonyl (C=O) groups is 2. The van der Waals surface area contributed by atoms with Gasteiger partial charge in [-0.2, -0.15) is 0 Å². The van der Waals surface area contributed by atoms with Gasteiger partial charge >= 0.3 is 6.09 Å². The number of hydrogen-bond acceptors (Lipinski definition) is 6. The lowest BCUT2D eigenvalue weighted by Gasteiger charge is -2.25. The molecular weight excluding hydrogens is 364 g/mol. The van der Waals surface area contributed by atoms with Crippen LogP contribution < -0.4 is 10.8 Å². The molecule has 2 rings (SSSR count). The average molecular weight is 386 g/mol. The van der Waals surface area contributed by atoms with Gasteiger partial charge in [0.1, 0.15) is 11.9 Å². The SMILES string of the molecule is CCO[C@@H](/C=C/C(=O)NO)[C@@H](OC(=O)Nc1ccccc1)c1ccc(O)cc1. The van der Waals surface area contributed by atoms with Crippen LogP contribution in [0, 0.1) is 0 Å². The molecular formula is C20H22N2O6. The topological polar surface area (TPSA) is 117 Å². The van der Waals surface area contributed by atoms with Crippen LogP contribution in [0.3, 0.4) is 0 Å². The maximum Gasteiger partial charge on any atom is 0.412 e. The van der Waals surface area contributed by atoms with Gasteiger partial charge in [0.25, 0.3) is 5.91 Å². The summed E-state index contributed by atoms with van der Waals surface area (Å²) in [5, 5.41) is 20.8. The van der Waals surface area contributed by atoms with E-state index in [4.69, 9.17) is 14.7 Å². The summed E-state index contributed by atoms with van der Waals surface area (Å²) in [5.41, 5.74) is 2.59. The van der Waals surface area contributed by atoms with E-state index in [1.54, 1.807) is 43.3 Å². The molecule has 2 aromatic carbocycles. The standard InChI is InChI=1S/C20H22N2O6/c1-2-27-17(12-13-18(24)22-26)19(14-8-10-16(23)11-9-14)28-20(25)21-15-6-4-3-5-7-15/h3-13,17,19,23,26H,2H2,1H3,(H,21,25)(H,22,24)/b13-12+/t17-,19-/m0/s1. The molecule has 8 heteroatoms. The summed E-state index contributed by atoms with van der Waals surface area (Å²) in [6.07, 6.45) is 0.0172. The third kappa shape index (κ3) is 6.42. The number of hydroxylamine groups is 1. The first-order chi connectivity index (χ1) is 13.5. The van der Waals surface area contributed by atoms with Crippen LogP contribution in [0.2, 0.25) is 0 Å². The van der Waals surface area contributed by atoms with Crippen molar-refractivity contribution in [2.75, 3.05) is 11.9 Å². The molecule has 4 N–H and O–H groups in total. The van der Waals surface area contributed by atoms with Crippen molar-refractivity contribution < 1.29 is 29.4 Å². The predicted octanol–water partition coefficient (Wildman–Crippen LogP) is 3.15. The number of amides is 2. The molecule has 0 spiro atoms. The molecule has 0 aliphatic carbocycles. The van der Waals surface area contributed by atoms with E-state index in [0.717, 1.165) is 6.08 Å². The Bertz CT molecular complexity index is 792. The molecule has 8 nitrogen and oxygen atoms in total. The van der Waals surface area contributed by atoms with E-state index in [0.29, 0.717) is 11.3 Å². The summed E-state index contributed by atoms with van der Waals surface area (Å²) in [4.78, 5) is 23.7. The van der Waals surface area contributed by atoms with Gasteiger partial charge in [-0.1, -0.05) is 30.3 Å². The molecule has 0 aromatic heterocycles. The van der Waals surface area contributed by atoms with Gasteiger partial charge in [-0.15, -0.1) is 0 Å². The van der Waals surface area contributed by atoms with E-state index >= 15 is 0 Å². The van der Waals surface area contributed by atoms with Crippen molar-refractivity contribution in [2.45, 2.75) is 19.1 Å². The minimum absolute atomic E-state index is 0.0550. The lowest BCUT2D eigenvalue weighted by atomic mass is 10.0. The molecule has 0 aliphatic rings. The molecule has 28 heavy (non-hydrogen) atoms. The van der Waals surface area contributed by atoms with Gasteiger partial charge in [0.2, 0.25) is 0 Å². The highest BCUT2D eigenvalue weighted by Crippen LogP contribution is 2.27. The van der Waals surface area contributed by atoms with Crippen LogP contribution >= 0.6 is 0 Å². The number of anilines is 1. The third-order valence-corrected chi connectivity index (χ3v) is 3.68. The number of ether oxygens (including phenoxy) is 2. The Balaban J connectivity index is 2.26. The van der Waals surface area contributed by atoms with Crippen LogP contribution in [0.4, 0.5) is 10.5 Å². The number of benzene rings is 2. The number of carbonyl (C=O) groups excluding carboxylic acids is 2. The lowest BCUT2D eigenvalue weighted by molar-refractivity contribution is -0.124. The molecule has 2 aromatic rings. The fraction of sp³-hybridized carbons (Fsp3) is 0.200. The van der Waals surface area contributed by atoms with Crippen LogP contribution in [0.15, 0.2) is 66.7 Å². The Morgan fingerprint density at radius 1 is 1.11 bits per heavy atom. The highest BCUT2D eigenvalue weighted by Gasteiger charge is 2.26. The fourth-order valence-electron chi connectivity index (χ4n) is 2.43. The second kappa shape index (κ2) is 10.7. The van der Waals surface area contributed by atoms with Crippen molar-refractivity contribution in [3.63, 3.8) is 0 Å². The number of para-hydroxylation sites is 1. The zero-order valence-corrected chi connectivity index (χ0v) is 15.2. The van der Waals surface area contributed by atoms with Gasteiger partial charge in [0, 0.05) is 18.4 Å². The van der Waals surface area contributed by atoms with E-state index in [-0.39, 0.29) is 12.4 Å². The Morgan fingerprint density at radius 3 is 2.39 bits per heavy atom. The molecule has 2 amide bonds. The fourth-order valence-corrected chi connectivity index (χ4v) is 2.43. The van der Waals surface area contributed by atoms with E-state index < -0.39 is 24.2 Å². The Labute approximate surface area is 162 Å². The minimum atomic E-state index is -0.910. The van der Waals surface area contributed by atoms with Gasteiger partial charge in [0.15, 0.2) is 6.10 Å². The van der Waals surface area contributed by atoms with Gasteiger partial charge in [-0.3, -0.25) is 15.3 Å². The van der Waals surface area contributed by atoms with E-state index in [1.807, 2.05) is 6.07 Å². The normalized spacial score (nSPS) is 12.9. The van der Waals surface area contributed by atoms with Gasteiger partial charge in [0.05, 0.1) is 0 Å². The maximum atomic E-state index is 12.4. The van der Waals surface area contributed by atoms with Gasteiger partial charge in [-0.05, 0) is 42.8 Å². The van der Waals surface area contributed by atoms with Crippen LogP contribution in [-0.4, -0.2) is 35.0 Å². The summed E-state index contributed by atoms with van der Waals surface area (Å²) in [6.45, 7) is 2.04.